The van der Waals surface area contributed by atoms with Crippen molar-refractivity contribution in [1.82, 2.24) is 0 Å². The van der Waals surface area contributed by atoms with Gasteiger partial charge in [0.1, 0.15) is 17.3 Å². The molecule has 0 aliphatic heterocycles. The van der Waals surface area contributed by atoms with Crippen molar-refractivity contribution >= 4 is 5.69 Å². The van der Waals surface area contributed by atoms with Crippen LogP contribution in [-0.4, -0.2) is 17.1 Å². The molecule has 21 heavy (non-hydrogen) atoms. The minimum atomic E-state index is -0.594. The molecule has 0 saturated carbocycles. The Kier molecular flexibility index (Phi) is 4.34. The van der Waals surface area contributed by atoms with Gasteiger partial charge in [0.2, 0.25) is 0 Å². The summed E-state index contributed by atoms with van der Waals surface area (Å²) in [7, 11) is 1.33. The number of halogens is 1. The van der Waals surface area contributed by atoms with Crippen LogP contribution in [0.3, 0.4) is 0 Å². The molecule has 0 radical (unpaired) electrons. The molecule has 0 unspecified atom stereocenters. The average Bonchev–Trinajstić information content (AvgIpc) is 2.48. The van der Waals surface area contributed by atoms with Crippen LogP contribution in [0.25, 0.3) is 0 Å². The third-order valence-corrected chi connectivity index (χ3v) is 2.77. The zero-order chi connectivity index (χ0) is 15.4. The Morgan fingerprint density at radius 3 is 2.57 bits per heavy atom. The summed E-state index contributed by atoms with van der Waals surface area (Å²) in [5.41, 5.74) is -0.00358. The summed E-state index contributed by atoms with van der Waals surface area (Å²) in [6.07, 6.45) is 0. The van der Waals surface area contributed by atoms with Gasteiger partial charge in [-0.3, -0.25) is 10.1 Å². The number of methoxy groups -OCH3 is 1. The predicted octanol–water partition coefficient (Wildman–Crippen LogP) is 3.03. The number of benzene rings is 2. The van der Waals surface area contributed by atoms with Crippen molar-refractivity contribution in [3.8, 4) is 17.2 Å². The van der Waals surface area contributed by atoms with E-state index in [0.717, 1.165) is 6.07 Å². The molecular formula is C14H12FNO5. The van der Waals surface area contributed by atoms with E-state index in [1.54, 1.807) is 0 Å². The lowest BCUT2D eigenvalue weighted by Crippen LogP contribution is -1.96. The van der Waals surface area contributed by atoms with Crippen LogP contribution in [0.1, 0.15) is 5.56 Å². The van der Waals surface area contributed by atoms with Crippen molar-refractivity contribution in [3.63, 3.8) is 0 Å². The number of nitro benzene ring substituents is 1. The van der Waals surface area contributed by atoms with Crippen molar-refractivity contribution in [2.24, 2.45) is 0 Å². The fraction of sp³-hybridized carbons (Fsp3) is 0.143. The van der Waals surface area contributed by atoms with Crippen molar-refractivity contribution in [3.05, 3.63) is 57.9 Å². The van der Waals surface area contributed by atoms with E-state index >= 15 is 0 Å². The van der Waals surface area contributed by atoms with E-state index in [4.69, 9.17) is 9.47 Å². The molecule has 0 aromatic heterocycles. The molecule has 0 amide bonds. The number of nitro groups is 1. The lowest BCUT2D eigenvalue weighted by Gasteiger charge is -2.10. The van der Waals surface area contributed by atoms with Crippen LogP contribution in [0.15, 0.2) is 36.4 Å². The van der Waals surface area contributed by atoms with Gasteiger partial charge >= 0.3 is 5.69 Å². The first-order valence-electron chi connectivity index (χ1n) is 5.94. The second kappa shape index (κ2) is 6.19. The third-order valence-electron chi connectivity index (χ3n) is 2.77. The maximum Gasteiger partial charge on any atom is 0.314 e. The zero-order valence-corrected chi connectivity index (χ0v) is 11.1. The van der Waals surface area contributed by atoms with E-state index in [1.165, 1.54) is 37.4 Å². The third kappa shape index (κ3) is 3.26. The predicted molar refractivity (Wildman–Crippen MR) is 72.0 cm³/mol. The van der Waals surface area contributed by atoms with Crippen LogP contribution < -0.4 is 9.47 Å². The van der Waals surface area contributed by atoms with E-state index in [1.807, 2.05) is 0 Å². The van der Waals surface area contributed by atoms with Gasteiger partial charge in [-0.15, -0.1) is 0 Å². The highest BCUT2D eigenvalue weighted by Crippen LogP contribution is 2.34. The molecule has 7 heteroatoms. The molecule has 0 spiro atoms. The maximum atomic E-state index is 13.1. The Hall–Kier alpha value is -2.67. The highest BCUT2D eigenvalue weighted by atomic mass is 19.1. The molecule has 2 aromatic carbocycles. The smallest absolute Gasteiger partial charge is 0.314 e. The van der Waals surface area contributed by atoms with Crippen LogP contribution in [-0.2, 0) is 6.61 Å². The number of hydrogen-bond donors (Lipinski definition) is 1. The molecule has 0 bridgehead atoms. The summed E-state index contributed by atoms with van der Waals surface area (Å²) < 4.78 is 23.4. The second-order valence-electron chi connectivity index (χ2n) is 4.10. The van der Waals surface area contributed by atoms with Gasteiger partial charge in [-0.25, -0.2) is 4.39 Å². The van der Waals surface area contributed by atoms with E-state index in [-0.39, 0.29) is 28.5 Å². The number of ether oxygens (including phenoxy) is 2. The molecule has 0 heterocycles. The lowest BCUT2D eigenvalue weighted by atomic mass is 10.2. The molecule has 0 aliphatic carbocycles. The molecule has 2 rings (SSSR count). The molecular weight excluding hydrogens is 281 g/mol. The Bertz CT molecular complexity index is 674. The van der Waals surface area contributed by atoms with Gasteiger partial charge in [-0.05, 0) is 30.3 Å². The minimum Gasteiger partial charge on any atom is -0.490 e. The highest BCUT2D eigenvalue weighted by molar-refractivity contribution is 5.52. The van der Waals surface area contributed by atoms with Crippen molar-refractivity contribution in [1.29, 1.82) is 0 Å². The summed E-state index contributed by atoms with van der Waals surface area (Å²) in [5, 5.41) is 20.1. The first-order chi connectivity index (χ1) is 10.0. The van der Waals surface area contributed by atoms with Gasteiger partial charge in [0, 0.05) is 5.56 Å². The standard InChI is InChI=1S/C14H12FNO5/c1-20-14-5-3-11(7-12(14)16(18)19)21-13-4-2-10(15)6-9(13)8-17/h2-7,17H,8H2,1H3. The number of hydrogen-bond acceptors (Lipinski definition) is 5. The SMILES string of the molecule is COc1ccc(Oc2ccc(F)cc2CO)cc1[N+](=O)[O-]. The molecule has 6 nitrogen and oxygen atoms in total. The van der Waals surface area contributed by atoms with Crippen molar-refractivity contribution in [2.45, 2.75) is 6.61 Å². The fourth-order valence-corrected chi connectivity index (χ4v) is 1.77. The molecule has 110 valence electrons. The fourth-order valence-electron chi connectivity index (χ4n) is 1.77. The molecule has 1 N–H and O–H groups in total. The van der Waals surface area contributed by atoms with Crippen molar-refractivity contribution < 1.29 is 23.9 Å². The summed E-state index contributed by atoms with van der Waals surface area (Å²) in [4.78, 5) is 10.3. The average molecular weight is 293 g/mol. The molecule has 0 saturated heterocycles. The van der Waals surface area contributed by atoms with E-state index in [0.29, 0.717) is 0 Å². The Morgan fingerprint density at radius 1 is 1.24 bits per heavy atom. The lowest BCUT2D eigenvalue weighted by molar-refractivity contribution is -0.385. The van der Waals surface area contributed by atoms with E-state index in [9.17, 15) is 19.6 Å². The molecule has 2 aromatic rings. The largest absolute Gasteiger partial charge is 0.490 e. The van der Waals surface area contributed by atoms with Gasteiger partial charge < -0.3 is 14.6 Å². The molecule has 0 atom stereocenters. The number of rotatable bonds is 5. The maximum absolute atomic E-state index is 13.1. The number of aliphatic hydroxyl groups excluding tert-OH is 1. The van der Waals surface area contributed by atoms with Crippen LogP contribution >= 0.6 is 0 Å². The summed E-state index contributed by atoms with van der Waals surface area (Å²) >= 11 is 0. The topological polar surface area (TPSA) is 81.8 Å². The van der Waals surface area contributed by atoms with Gasteiger partial charge in [-0.2, -0.15) is 0 Å². The van der Waals surface area contributed by atoms with Gasteiger partial charge in [-0.1, -0.05) is 0 Å². The Morgan fingerprint density at radius 2 is 1.95 bits per heavy atom. The summed E-state index contributed by atoms with van der Waals surface area (Å²) in [6, 6.07) is 7.73. The monoisotopic (exact) mass is 293 g/mol. The zero-order valence-electron chi connectivity index (χ0n) is 11.1. The molecule has 0 fully saturated rings. The van der Waals surface area contributed by atoms with Crippen LogP contribution in [0.5, 0.6) is 17.2 Å². The highest BCUT2D eigenvalue weighted by Gasteiger charge is 2.16. The number of aliphatic hydroxyl groups is 1. The van der Waals surface area contributed by atoms with Crippen molar-refractivity contribution in [2.75, 3.05) is 7.11 Å². The van der Waals surface area contributed by atoms with Crippen LogP contribution in [0.4, 0.5) is 10.1 Å². The van der Waals surface area contributed by atoms with E-state index < -0.39 is 17.3 Å². The quantitative estimate of drug-likeness (QED) is 0.677. The van der Waals surface area contributed by atoms with Gasteiger partial charge in [0.05, 0.1) is 24.7 Å². The Labute approximate surface area is 119 Å². The van der Waals surface area contributed by atoms with Crippen LogP contribution in [0.2, 0.25) is 0 Å². The number of nitrogens with zero attached hydrogens (tertiary/aromatic N) is 1. The van der Waals surface area contributed by atoms with Gasteiger partial charge in [0.15, 0.2) is 5.75 Å². The Balaban J connectivity index is 2.36. The minimum absolute atomic E-state index is 0.105. The normalized spacial score (nSPS) is 10.2. The summed E-state index contributed by atoms with van der Waals surface area (Å²) in [5.74, 6) is 0.00289. The summed E-state index contributed by atoms with van der Waals surface area (Å²) in [6.45, 7) is -0.411. The van der Waals surface area contributed by atoms with E-state index in [2.05, 4.69) is 0 Å². The second-order valence-corrected chi connectivity index (χ2v) is 4.10. The first-order valence-corrected chi connectivity index (χ1v) is 5.94. The first kappa shape index (κ1) is 14.7. The molecule has 0 aliphatic rings. The van der Waals surface area contributed by atoms with Gasteiger partial charge in [0.25, 0.3) is 0 Å². The van der Waals surface area contributed by atoms with Crippen LogP contribution in [0, 0.1) is 15.9 Å².